The van der Waals surface area contributed by atoms with E-state index in [9.17, 15) is 20.0 Å². The van der Waals surface area contributed by atoms with Crippen molar-refractivity contribution in [1.29, 1.82) is 0 Å². The smallest absolute Gasteiger partial charge is 0.342 e. The summed E-state index contributed by atoms with van der Waals surface area (Å²) >= 11 is 18.7. The Bertz CT molecular complexity index is 1430. The molecule has 4 aromatic rings. The van der Waals surface area contributed by atoms with Crippen molar-refractivity contribution in [2.75, 3.05) is 0 Å². The second kappa shape index (κ2) is 9.90. The van der Waals surface area contributed by atoms with Crippen LogP contribution >= 0.6 is 46.6 Å². The Labute approximate surface area is 210 Å². The van der Waals surface area contributed by atoms with Gasteiger partial charge in [0, 0.05) is 28.3 Å². The maximum atomic E-state index is 11.8. The fourth-order valence-electron chi connectivity index (χ4n) is 2.76. The molecule has 9 nitrogen and oxygen atoms in total. The van der Waals surface area contributed by atoms with E-state index >= 15 is 0 Å². The molecule has 2 aromatic carbocycles. The predicted octanol–water partition coefficient (Wildman–Crippen LogP) is 7.08. The molecule has 0 aliphatic rings. The maximum absolute atomic E-state index is 11.8. The highest BCUT2D eigenvalue weighted by Gasteiger charge is 2.20. The number of carboxylic acid groups (broad SMARTS) is 1. The van der Waals surface area contributed by atoms with Crippen LogP contribution in [0.4, 0.5) is 5.69 Å². The summed E-state index contributed by atoms with van der Waals surface area (Å²) in [4.78, 5) is 22.0. The van der Waals surface area contributed by atoms with E-state index in [1.54, 1.807) is 24.3 Å². The lowest BCUT2D eigenvalue weighted by atomic mass is 10.1. The molecule has 0 radical (unpaired) electrons. The van der Waals surface area contributed by atoms with E-state index in [2.05, 4.69) is 10.2 Å². The zero-order valence-electron chi connectivity index (χ0n) is 16.6. The molecule has 0 saturated carbocycles. The van der Waals surface area contributed by atoms with Gasteiger partial charge in [0.25, 0.3) is 10.9 Å². The van der Waals surface area contributed by atoms with Crippen LogP contribution in [0.3, 0.4) is 0 Å². The average Bonchev–Trinajstić information content (AvgIpc) is 3.45. The molecule has 1 N–H and O–H groups in total. The van der Waals surface area contributed by atoms with Gasteiger partial charge in [0.05, 0.1) is 9.95 Å². The van der Waals surface area contributed by atoms with Crippen LogP contribution in [0.15, 0.2) is 67.5 Å². The number of furan rings is 1. The SMILES string of the molecule is O=C(O)/C(=C/c1ccc(-c2cc(Cl)c([N+](=O)[O-])cc2Cl)o1)Sc1nnc(-c2ccc(Cl)cc2)o1. The fraction of sp³-hybridized carbons (Fsp3) is 0. The monoisotopic (exact) mass is 537 g/mol. The molecule has 4 rings (SSSR count). The summed E-state index contributed by atoms with van der Waals surface area (Å²) in [6.45, 7) is 0. The Balaban J connectivity index is 1.58. The topological polar surface area (TPSA) is 132 Å². The van der Waals surface area contributed by atoms with Crippen molar-refractivity contribution in [3.63, 3.8) is 0 Å². The molecular formula is C21H10Cl3N3O6S. The Kier molecular flexibility index (Phi) is 6.94. The number of nitro groups is 1. The summed E-state index contributed by atoms with van der Waals surface area (Å²) in [5.74, 6) is -0.618. The van der Waals surface area contributed by atoms with Crippen LogP contribution < -0.4 is 0 Å². The second-order valence-electron chi connectivity index (χ2n) is 6.54. The molecule has 0 unspecified atom stereocenters. The van der Waals surface area contributed by atoms with Gasteiger partial charge in [-0.05, 0) is 54.2 Å². The van der Waals surface area contributed by atoms with E-state index in [1.807, 2.05) is 0 Å². The lowest BCUT2D eigenvalue weighted by Gasteiger charge is -2.03. The second-order valence-corrected chi connectivity index (χ2v) is 8.78. The molecule has 2 heterocycles. The van der Waals surface area contributed by atoms with E-state index < -0.39 is 10.9 Å². The summed E-state index contributed by atoms with van der Waals surface area (Å²) in [6, 6.07) is 12.2. The van der Waals surface area contributed by atoms with Gasteiger partial charge in [-0.3, -0.25) is 10.1 Å². The summed E-state index contributed by atoms with van der Waals surface area (Å²) in [5, 5.41) is 28.9. The van der Waals surface area contributed by atoms with Gasteiger partial charge in [0.15, 0.2) is 0 Å². The molecule has 34 heavy (non-hydrogen) atoms. The van der Waals surface area contributed by atoms with Crippen LogP contribution in [0.5, 0.6) is 0 Å². The minimum Gasteiger partial charge on any atom is -0.477 e. The average molecular weight is 539 g/mol. The number of nitrogens with zero attached hydrogens (tertiary/aromatic N) is 3. The van der Waals surface area contributed by atoms with Gasteiger partial charge in [0.2, 0.25) is 5.89 Å². The van der Waals surface area contributed by atoms with Crippen LogP contribution in [0, 0.1) is 10.1 Å². The third-order valence-electron chi connectivity index (χ3n) is 4.30. The number of hydrogen-bond acceptors (Lipinski definition) is 8. The first-order chi connectivity index (χ1) is 16.2. The Morgan fingerprint density at radius 3 is 2.44 bits per heavy atom. The van der Waals surface area contributed by atoms with Gasteiger partial charge in [0.1, 0.15) is 21.4 Å². The predicted molar refractivity (Wildman–Crippen MR) is 127 cm³/mol. The van der Waals surface area contributed by atoms with Crippen LogP contribution in [0.25, 0.3) is 28.9 Å². The number of rotatable bonds is 7. The van der Waals surface area contributed by atoms with Crippen molar-refractivity contribution in [3.8, 4) is 22.8 Å². The van der Waals surface area contributed by atoms with E-state index in [0.29, 0.717) is 16.1 Å². The van der Waals surface area contributed by atoms with Crippen LogP contribution in [-0.2, 0) is 4.79 Å². The summed E-state index contributed by atoms with van der Waals surface area (Å²) in [6.07, 6.45) is 1.27. The van der Waals surface area contributed by atoms with Crippen LogP contribution in [-0.4, -0.2) is 26.2 Å². The first-order valence-electron chi connectivity index (χ1n) is 9.17. The van der Waals surface area contributed by atoms with Gasteiger partial charge in [-0.1, -0.05) is 34.8 Å². The number of halogens is 3. The van der Waals surface area contributed by atoms with Crippen molar-refractivity contribution < 1.29 is 23.7 Å². The lowest BCUT2D eigenvalue weighted by molar-refractivity contribution is -0.384. The molecule has 172 valence electrons. The Morgan fingerprint density at radius 2 is 1.76 bits per heavy atom. The number of thioether (sulfide) groups is 1. The molecule has 0 atom stereocenters. The van der Waals surface area contributed by atoms with Gasteiger partial charge in [-0.25, -0.2) is 4.79 Å². The summed E-state index contributed by atoms with van der Waals surface area (Å²) < 4.78 is 11.2. The van der Waals surface area contributed by atoms with Crippen molar-refractivity contribution in [2.24, 2.45) is 0 Å². The minimum absolute atomic E-state index is 0.00979. The van der Waals surface area contributed by atoms with Crippen molar-refractivity contribution in [1.82, 2.24) is 10.2 Å². The number of aromatic nitrogens is 2. The van der Waals surface area contributed by atoms with Gasteiger partial charge < -0.3 is 13.9 Å². The van der Waals surface area contributed by atoms with Crippen molar-refractivity contribution >= 4 is 64.3 Å². The third kappa shape index (κ3) is 5.26. The van der Waals surface area contributed by atoms with E-state index in [4.69, 9.17) is 43.6 Å². The lowest BCUT2D eigenvalue weighted by Crippen LogP contribution is -1.96. The highest BCUT2D eigenvalue weighted by Crippen LogP contribution is 2.38. The van der Waals surface area contributed by atoms with Crippen molar-refractivity contribution in [2.45, 2.75) is 5.22 Å². The van der Waals surface area contributed by atoms with E-state index in [0.717, 1.165) is 17.8 Å². The molecule has 13 heteroatoms. The molecule has 0 fully saturated rings. The molecular weight excluding hydrogens is 529 g/mol. The minimum atomic E-state index is -1.24. The number of aliphatic carboxylic acids is 1. The van der Waals surface area contributed by atoms with Crippen LogP contribution in [0.2, 0.25) is 15.1 Å². The summed E-state index contributed by atoms with van der Waals surface area (Å²) in [7, 11) is 0. The molecule has 0 amide bonds. The molecule has 0 bridgehead atoms. The Morgan fingerprint density at radius 1 is 1.03 bits per heavy atom. The van der Waals surface area contributed by atoms with E-state index in [-0.39, 0.29) is 43.3 Å². The maximum Gasteiger partial charge on any atom is 0.342 e. The molecule has 0 aliphatic heterocycles. The number of carbonyl (C=O) groups is 1. The third-order valence-corrected chi connectivity index (χ3v) is 6.02. The van der Waals surface area contributed by atoms with Crippen LogP contribution in [0.1, 0.15) is 5.76 Å². The molecule has 2 aromatic heterocycles. The fourth-order valence-corrected chi connectivity index (χ4v) is 4.02. The number of hydrogen-bond donors (Lipinski definition) is 1. The largest absolute Gasteiger partial charge is 0.477 e. The highest BCUT2D eigenvalue weighted by molar-refractivity contribution is 8.03. The number of nitro benzene ring substituents is 1. The quantitative estimate of drug-likeness (QED) is 0.113. The van der Waals surface area contributed by atoms with Crippen molar-refractivity contribution in [3.05, 3.63) is 84.4 Å². The molecule has 0 saturated heterocycles. The zero-order chi connectivity index (χ0) is 24.4. The number of benzene rings is 2. The Hall–Kier alpha value is -3.31. The first kappa shape index (κ1) is 23.8. The molecule has 0 aliphatic carbocycles. The van der Waals surface area contributed by atoms with Gasteiger partial charge >= 0.3 is 5.97 Å². The zero-order valence-corrected chi connectivity index (χ0v) is 19.7. The number of carboxylic acids is 1. The molecule has 0 spiro atoms. The van der Waals surface area contributed by atoms with Gasteiger partial charge in [-0.2, -0.15) is 0 Å². The first-order valence-corrected chi connectivity index (χ1v) is 11.1. The highest BCUT2D eigenvalue weighted by atomic mass is 35.5. The van der Waals surface area contributed by atoms with E-state index in [1.165, 1.54) is 24.3 Å². The summed E-state index contributed by atoms with van der Waals surface area (Å²) in [5.41, 5.74) is 0.592. The normalized spacial score (nSPS) is 11.6. The van der Waals surface area contributed by atoms with Gasteiger partial charge in [-0.15, -0.1) is 10.2 Å². The standard InChI is InChI=1S/C21H10Cl3N3O6S/c22-11-3-1-10(2-4-11)19-25-26-21(33-19)34-18(20(28)29)7-12-5-6-17(32-12)13-8-15(24)16(27(30)31)9-14(13)23/h1-9H,(H,28,29)/b18-7-.